The number of anilines is 1. The molecule has 0 bridgehead atoms. The predicted octanol–water partition coefficient (Wildman–Crippen LogP) is 4.86. The van der Waals surface area contributed by atoms with Gasteiger partial charge in [-0.25, -0.2) is 8.78 Å². The first-order chi connectivity index (χ1) is 21.6. The maximum absolute atomic E-state index is 15.3. The number of hydrogen-bond acceptors (Lipinski definition) is 5. The Morgan fingerprint density at radius 1 is 0.913 bits per heavy atom. The van der Waals surface area contributed by atoms with Crippen LogP contribution in [0.5, 0.6) is 0 Å². The number of carbonyl (C=O) groups excluding carboxylic acids is 3. The molecule has 3 fully saturated rings. The Balaban J connectivity index is 1.53. The van der Waals surface area contributed by atoms with Crippen LogP contribution in [0.4, 0.5) is 14.5 Å². The monoisotopic (exact) mass is 657 g/mol. The van der Waals surface area contributed by atoms with E-state index in [0.29, 0.717) is 31.2 Å². The number of amides is 3. The second-order valence-electron chi connectivity index (χ2n) is 14.3. The first-order valence-corrected chi connectivity index (χ1v) is 16.6. The number of rotatable bonds is 6. The van der Waals surface area contributed by atoms with Crippen molar-refractivity contribution in [2.24, 2.45) is 11.8 Å². The van der Waals surface area contributed by atoms with Gasteiger partial charge in [0.15, 0.2) is 0 Å². The lowest BCUT2D eigenvalue weighted by Gasteiger charge is -2.36. The molecule has 3 heterocycles. The number of hydrogen-bond donors (Lipinski definition) is 0. The lowest BCUT2D eigenvalue weighted by Crippen LogP contribution is -2.54. The van der Waals surface area contributed by atoms with E-state index in [4.69, 9.17) is 11.6 Å². The Bertz CT molecular complexity index is 1440. The largest absolute Gasteiger partial charge is 0.338 e. The minimum absolute atomic E-state index is 0.0518. The molecule has 0 radical (unpaired) electrons. The molecule has 0 N–H and O–H groups in total. The zero-order chi connectivity index (χ0) is 33.5. The SMILES string of the molecule is CC(C)C(=O)N(c1ccc(F)cc1F)[C@H]1C[C@@H](C(=O)N2CCN(C)CC2)N(C(=O)[C@H]2CN(C(C)(C)C)C[C@H]2c2ccc(Cl)cc2)C1. The molecule has 2 aromatic carbocycles. The van der Waals surface area contributed by atoms with Gasteiger partial charge in [-0.2, -0.15) is 0 Å². The highest BCUT2D eigenvalue weighted by Gasteiger charge is 2.50. The number of carbonyl (C=O) groups is 3. The summed E-state index contributed by atoms with van der Waals surface area (Å²) in [6.45, 7) is 13.6. The van der Waals surface area contributed by atoms with Crippen molar-refractivity contribution in [3.8, 4) is 0 Å². The highest BCUT2D eigenvalue weighted by Crippen LogP contribution is 2.40. The van der Waals surface area contributed by atoms with Crippen molar-refractivity contribution < 1.29 is 23.2 Å². The fourth-order valence-electron chi connectivity index (χ4n) is 7.03. The molecule has 3 amide bonds. The molecule has 5 rings (SSSR count). The van der Waals surface area contributed by atoms with Crippen LogP contribution < -0.4 is 4.90 Å². The van der Waals surface area contributed by atoms with E-state index in [1.165, 1.54) is 11.0 Å². The molecule has 0 unspecified atom stereocenters. The van der Waals surface area contributed by atoms with Gasteiger partial charge in [0, 0.05) is 74.3 Å². The van der Waals surface area contributed by atoms with Gasteiger partial charge in [-0.15, -0.1) is 0 Å². The Kier molecular flexibility index (Phi) is 10.1. The molecule has 3 aliphatic heterocycles. The van der Waals surface area contributed by atoms with E-state index in [0.717, 1.165) is 30.8 Å². The zero-order valence-electron chi connectivity index (χ0n) is 27.7. The van der Waals surface area contributed by atoms with Crippen molar-refractivity contribution in [1.29, 1.82) is 0 Å². The number of nitrogens with zero attached hydrogens (tertiary/aromatic N) is 5. The summed E-state index contributed by atoms with van der Waals surface area (Å²) >= 11 is 6.21. The minimum Gasteiger partial charge on any atom is -0.338 e. The topological polar surface area (TPSA) is 67.4 Å². The maximum atomic E-state index is 15.3. The van der Waals surface area contributed by atoms with Gasteiger partial charge in [0.25, 0.3) is 0 Å². The summed E-state index contributed by atoms with van der Waals surface area (Å²) in [4.78, 5) is 52.0. The lowest BCUT2D eigenvalue weighted by molar-refractivity contribution is -0.147. The molecule has 46 heavy (non-hydrogen) atoms. The van der Waals surface area contributed by atoms with Crippen LogP contribution in [0.25, 0.3) is 0 Å². The first kappa shape index (κ1) is 34.3. The molecule has 4 atom stereocenters. The molecular weight excluding hydrogens is 612 g/mol. The molecule has 3 aliphatic rings. The normalized spacial score (nSPS) is 24.6. The Morgan fingerprint density at radius 2 is 1.57 bits per heavy atom. The second-order valence-corrected chi connectivity index (χ2v) is 14.8. The van der Waals surface area contributed by atoms with E-state index in [9.17, 15) is 18.8 Å². The number of likely N-dealkylation sites (N-methyl/N-ethyl adjacent to an activating group) is 1. The van der Waals surface area contributed by atoms with Crippen LogP contribution in [-0.4, -0.2) is 108 Å². The lowest BCUT2D eigenvalue weighted by atomic mass is 9.88. The first-order valence-electron chi connectivity index (χ1n) is 16.2. The molecule has 3 saturated heterocycles. The number of likely N-dealkylation sites (tertiary alicyclic amines) is 2. The Morgan fingerprint density at radius 3 is 2.15 bits per heavy atom. The van der Waals surface area contributed by atoms with Gasteiger partial charge in [0.2, 0.25) is 17.7 Å². The van der Waals surface area contributed by atoms with Crippen molar-refractivity contribution in [1.82, 2.24) is 19.6 Å². The highest BCUT2D eigenvalue weighted by atomic mass is 35.5. The molecular formula is C35H46ClF2N5O3. The predicted molar refractivity (Wildman–Crippen MR) is 176 cm³/mol. The van der Waals surface area contributed by atoms with E-state index in [1.54, 1.807) is 23.6 Å². The van der Waals surface area contributed by atoms with Crippen molar-refractivity contribution >= 4 is 35.0 Å². The third kappa shape index (κ3) is 7.09. The average Bonchev–Trinajstić information content (AvgIpc) is 3.64. The average molecular weight is 658 g/mol. The van der Waals surface area contributed by atoms with Gasteiger partial charge < -0.3 is 19.6 Å². The third-order valence-electron chi connectivity index (χ3n) is 9.81. The van der Waals surface area contributed by atoms with Gasteiger partial charge >= 0.3 is 0 Å². The summed E-state index contributed by atoms with van der Waals surface area (Å²) in [5.74, 6) is -3.35. The molecule has 2 aromatic rings. The molecule has 250 valence electrons. The van der Waals surface area contributed by atoms with Crippen LogP contribution in [0, 0.1) is 23.5 Å². The zero-order valence-corrected chi connectivity index (χ0v) is 28.4. The summed E-state index contributed by atoms with van der Waals surface area (Å²) in [5.41, 5.74) is 0.754. The molecule has 0 aliphatic carbocycles. The Labute approximate surface area is 276 Å². The van der Waals surface area contributed by atoms with E-state index < -0.39 is 35.6 Å². The third-order valence-corrected chi connectivity index (χ3v) is 10.1. The molecule has 0 spiro atoms. The van der Waals surface area contributed by atoms with Crippen LogP contribution in [-0.2, 0) is 14.4 Å². The summed E-state index contributed by atoms with van der Waals surface area (Å²) in [6, 6.07) is 9.24. The number of benzene rings is 2. The Hall–Kier alpha value is -3.08. The smallest absolute Gasteiger partial charge is 0.245 e. The van der Waals surface area contributed by atoms with Crippen molar-refractivity contribution in [3.05, 3.63) is 64.7 Å². The van der Waals surface area contributed by atoms with Crippen LogP contribution in [0.3, 0.4) is 0 Å². The molecule has 8 nitrogen and oxygen atoms in total. The minimum atomic E-state index is -0.861. The van der Waals surface area contributed by atoms with Gasteiger partial charge in [0.1, 0.15) is 17.7 Å². The van der Waals surface area contributed by atoms with Gasteiger partial charge in [-0.3, -0.25) is 19.3 Å². The van der Waals surface area contributed by atoms with Crippen LogP contribution in [0.1, 0.15) is 52.5 Å². The van der Waals surface area contributed by atoms with Gasteiger partial charge in [-0.05, 0) is 64.1 Å². The van der Waals surface area contributed by atoms with E-state index >= 15 is 4.39 Å². The maximum Gasteiger partial charge on any atom is 0.245 e. The van der Waals surface area contributed by atoms with Crippen LogP contribution in [0.2, 0.25) is 5.02 Å². The fraction of sp³-hybridized carbons (Fsp3) is 0.571. The summed E-state index contributed by atoms with van der Waals surface area (Å²) in [5, 5.41) is 0.612. The summed E-state index contributed by atoms with van der Waals surface area (Å²) in [7, 11) is 2.01. The van der Waals surface area contributed by atoms with E-state index in [1.807, 2.05) is 31.3 Å². The van der Waals surface area contributed by atoms with E-state index in [2.05, 4.69) is 30.6 Å². The highest BCUT2D eigenvalue weighted by molar-refractivity contribution is 6.30. The quantitative estimate of drug-likeness (QED) is 0.444. The van der Waals surface area contributed by atoms with Gasteiger partial charge in [-0.1, -0.05) is 37.6 Å². The van der Waals surface area contributed by atoms with Gasteiger partial charge in [0.05, 0.1) is 17.6 Å². The van der Waals surface area contributed by atoms with Crippen molar-refractivity contribution in [3.63, 3.8) is 0 Å². The van der Waals surface area contributed by atoms with E-state index in [-0.39, 0.29) is 47.8 Å². The standard InChI is InChI=1S/C35H46ClF2N5O3/c1-22(2)32(44)43(30-12-11-25(37)17-29(30)38)26-18-31(34(46)40-15-13-39(6)14-16-40)42(19-26)33(45)28-21-41(35(3,4)5)20-27(28)23-7-9-24(36)10-8-23/h7-12,17,22,26-28,31H,13-16,18-21H2,1-6H3/t26-,27-,28-,31-/m0/s1. The summed E-state index contributed by atoms with van der Waals surface area (Å²) in [6.07, 6.45) is 0.160. The van der Waals surface area contributed by atoms with Crippen molar-refractivity contribution in [2.45, 2.75) is 64.6 Å². The van der Waals surface area contributed by atoms with Crippen molar-refractivity contribution in [2.75, 3.05) is 57.8 Å². The molecule has 0 saturated carbocycles. The fourth-order valence-corrected chi connectivity index (χ4v) is 7.15. The molecule has 0 aromatic heterocycles. The second kappa shape index (κ2) is 13.6. The summed E-state index contributed by atoms with van der Waals surface area (Å²) < 4.78 is 29.2. The van der Waals surface area contributed by atoms with Crippen LogP contribution in [0.15, 0.2) is 42.5 Å². The molecule has 11 heteroatoms. The number of halogens is 3. The number of piperazine rings is 1. The van der Waals surface area contributed by atoms with Crippen LogP contribution >= 0.6 is 11.6 Å².